The fourth-order valence-electron chi connectivity index (χ4n) is 3.87. The van der Waals surface area contributed by atoms with Crippen molar-refractivity contribution in [3.8, 4) is 0 Å². The van der Waals surface area contributed by atoms with Crippen molar-refractivity contribution < 1.29 is 4.79 Å². The Morgan fingerprint density at radius 3 is 2.33 bits per heavy atom. The number of amides is 1. The first-order chi connectivity index (χ1) is 14.4. The van der Waals surface area contributed by atoms with Gasteiger partial charge < -0.3 is 9.88 Å². The molecule has 4 aromatic rings. The summed E-state index contributed by atoms with van der Waals surface area (Å²) in [5, 5.41) is 5.46. The minimum absolute atomic E-state index is 0.0125. The molecule has 0 aliphatic heterocycles. The largest absolute Gasteiger partial charge is 0.341 e. The van der Waals surface area contributed by atoms with Gasteiger partial charge in [-0.25, -0.2) is 0 Å². The van der Waals surface area contributed by atoms with Gasteiger partial charge in [0.1, 0.15) is 0 Å². The van der Waals surface area contributed by atoms with E-state index in [0.717, 1.165) is 17.1 Å². The van der Waals surface area contributed by atoms with Crippen LogP contribution >= 0.6 is 11.8 Å². The monoisotopic (exact) mass is 416 g/mol. The molecule has 0 aliphatic carbocycles. The number of thioether (sulfide) groups is 1. The highest BCUT2D eigenvalue weighted by molar-refractivity contribution is 8.00. The highest BCUT2D eigenvalue weighted by Crippen LogP contribution is 2.31. The van der Waals surface area contributed by atoms with Crippen LogP contribution in [0.5, 0.6) is 0 Å². The molecule has 1 heterocycles. The van der Waals surface area contributed by atoms with Crippen LogP contribution in [0.2, 0.25) is 0 Å². The third-order valence-electron chi connectivity index (χ3n) is 5.46. The number of anilines is 1. The third-order valence-corrected chi connectivity index (χ3v) is 6.47. The molecule has 0 fully saturated rings. The fourth-order valence-corrected chi connectivity index (χ4v) is 4.57. The van der Waals surface area contributed by atoms with Crippen LogP contribution in [0.25, 0.3) is 21.8 Å². The second kappa shape index (κ2) is 8.19. The van der Waals surface area contributed by atoms with E-state index < -0.39 is 0 Å². The summed E-state index contributed by atoms with van der Waals surface area (Å²) in [5.74, 6) is 0.405. The van der Waals surface area contributed by atoms with Crippen molar-refractivity contribution in [1.29, 1.82) is 0 Å². The minimum Gasteiger partial charge on any atom is -0.341 e. The molecule has 0 radical (unpaired) electrons. The Labute approximate surface area is 182 Å². The van der Waals surface area contributed by atoms with Gasteiger partial charge in [-0.1, -0.05) is 51.1 Å². The fraction of sp³-hybridized carbons (Fsp3) is 0.269. The third kappa shape index (κ3) is 4.10. The first kappa shape index (κ1) is 20.5. The Bertz CT molecular complexity index is 1200. The number of carbonyl (C=O) groups excluding carboxylic acids is 1. The molecule has 4 heteroatoms. The normalized spacial score (nSPS) is 11.9. The Morgan fingerprint density at radius 2 is 1.63 bits per heavy atom. The highest BCUT2D eigenvalue weighted by atomic mass is 32.2. The molecule has 1 amide bonds. The molecule has 154 valence electrons. The molecule has 0 saturated heterocycles. The van der Waals surface area contributed by atoms with Crippen molar-refractivity contribution in [2.75, 3.05) is 11.1 Å². The van der Waals surface area contributed by atoms with Gasteiger partial charge in [-0.15, -0.1) is 11.8 Å². The average Bonchev–Trinajstić information content (AvgIpc) is 3.05. The Morgan fingerprint density at radius 1 is 0.933 bits per heavy atom. The molecule has 1 N–H and O–H groups in total. The number of nitrogens with zero attached hydrogens (tertiary/aromatic N) is 1. The van der Waals surface area contributed by atoms with Gasteiger partial charge in [0.15, 0.2) is 0 Å². The van der Waals surface area contributed by atoms with E-state index in [1.54, 1.807) is 11.8 Å². The zero-order valence-corrected chi connectivity index (χ0v) is 18.8. The summed E-state index contributed by atoms with van der Waals surface area (Å²) in [6, 6.07) is 23.1. The van der Waals surface area contributed by atoms with Gasteiger partial charge in [-0.05, 0) is 54.3 Å². The average molecular weight is 417 g/mol. The molecule has 0 saturated carbocycles. The molecule has 3 aromatic carbocycles. The molecule has 4 rings (SSSR count). The number of benzene rings is 3. The zero-order valence-electron chi connectivity index (χ0n) is 18.0. The van der Waals surface area contributed by atoms with Crippen molar-refractivity contribution in [3.63, 3.8) is 0 Å². The summed E-state index contributed by atoms with van der Waals surface area (Å²) >= 11 is 1.56. The topological polar surface area (TPSA) is 34.0 Å². The summed E-state index contributed by atoms with van der Waals surface area (Å²) in [6.45, 7) is 9.69. The first-order valence-corrected chi connectivity index (χ1v) is 11.4. The lowest BCUT2D eigenvalue weighted by Crippen LogP contribution is -2.14. The number of hydrogen-bond donors (Lipinski definition) is 1. The van der Waals surface area contributed by atoms with Gasteiger partial charge in [-0.3, -0.25) is 4.79 Å². The van der Waals surface area contributed by atoms with E-state index in [1.807, 2.05) is 6.07 Å². The van der Waals surface area contributed by atoms with E-state index in [-0.39, 0.29) is 11.3 Å². The van der Waals surface area contributed by atoms with Crippen molar-refractivity contribution in [1.82, 2.24) is 4.57 Å². The van der Waals surface area contributed by atoms with Crippen LogP contribution in [0.3, 0.4) is 0 Å². The lowest BCUT2D eigenvalue weighted by molar-refractivity contribution is -0.113. The summed E-state index contributed by atoms with van der Waals surface area (Å²) in [7, 11) is 0. The Hall–Kier alpha value is -2.72. The minimum atomic E-state index is 0.0125. The molecule has 0 aliphatic rings. The highest BCUT2D eigenvalue weighted by Gasteiger charge is 2.14. The van der Waals surface area contributed by atoms with Gasteiger partial charge in [0, 0.05) is 38.9 Å². The Balaban J connectivity index is 1.47. The van der Waals surface area contributed by atoms with Crippen LogP contribution in [0.15, 0.2) is 71.6 Å². The predicted molar refractivity (Wildman–Crippen MR) is 130 cm³/mol. The van der Waals surface area contributed by atoms with Crippen LogP contribution < -0.4 is 5.32 Å². The number of para-hydroxylation sites is 1. The number of aryl methyl sites for hydroxylation is 1. The van der Waals surface area contributed by atoms with Gasteiger partial charge in [0.2, 0.25) is 5.91 Å². The maximum Gasteiger partial charge on any atom is 0.234 e. The van der Waals surface area contributed by atoms with Crippen LogP contribution in [0.4, 0.5) is 5.69 Å². The second-order valence-corrected chi connectivity index (χ2v) is 9.65. The van der Waals surface area contributed by atoms with E-state index >= 15 is 0 Å². The van der Waals surface area contributed by atoms with Gasteiger partial charge in [0.05, 0.1) is 5.75 Å². The van der Waals surface area contributed by atoms with E-state index in [9.17, 15) is 4.79 Å². The molecule has 30 heavy (non-hydrogen) atoms. The molecular formula is C26H28N2OS. The quantitative estimate of drug-likeness (QED) is 0.361. The van der Waals surface area contributed by atoms with Crippen LogP contribution in [-0.2, 0) is 16.8 Å². The number of carbonyl (C=O) groups is 1. The van der Waals surface area contributed by atoms with Crippen LogP contribution in [0.1, 0.15) is 33.3 Å². The zero-order chi connectivity index (χ0) is 21.3. The van der Waals surface area contributed by atoms with Crippen molar-refractivity contribution in [2.24, 2.45) is 0 Å². The number of aromatic nitrogens is 1. The molecule has 0 unspecified atom stereocenters. The van der Waals surface area contributed by atoms with Crippen molar-refractivity contribution in [3.05, 3.63) is 72.3 Å². The van der Waals surface area contributed by atoms with Crippen LogP contribution in [-0.4, -0.2) is 16.2 Å². The number of nitrogens with one attached hydrogen (secondary N) is 1. The summed E-state index contributed by atoms with van der Waals surface area (Å²) in [4.78, 5) is 13.6. The Kier molecular flexibility index (Phi) is 5.61. The molecule has 0 bridgehead atoms. The SMILES string of the molecule is CCn1c2ccccc2c2cc(NC(=O)CSc3ccc(C(C)(C)C)cc3)ccc21. The standard InChI is InChI=1S/C26H28N2OS/c1-5-28-23-9-7-6-8-21(23)22-16-19(12-15-24(22)28)27-25(29)17-30-20-13-10-18(11-14-20)26(2,3)4/h6-16H,5,17H2,1-4H3,(H,27,29). The first-order valence-electron chi connectivity index (χ1n) is 10.4. The maximum absolute atomic E-state index is 12.5. The van der Waals surface area contributed by atoms with Gasteiger partial charge >= 0.3 is 0 Å². The van der Waals surface area contributed by atoms with Gasteiger partial charge in [-0.2, -0.15) is 0 Å². The van der Waals surface area contributed by atoms with E-state index in [1.165, 1.54) is 27.4 Å². The smallest absolute Gasteiger partial charge is 0.234 e. The van der Waals surface area contributed by atoms with Gasteiger partial charge in [0.25, 0.3) is 0 Å². The summed E-state index contributed by atoms with van der Waals surface area (Å²) < 4.78 is 2.31. The lowest BCUT2D eigenvalue weighted by atomic mass is 9.87. The van der Waals surface area contributed by atoms with Crippen LogP contribution in [0, 0.1) is 0 Å². The molecule has 0 atom stereocenters. The molecular weight excluding hydrogens is 388 g/mol. The predicted octanol–water partition coefficient (Wildman–Crippen LogP) is 6.84. The van der Waals surface area contributed by atoms with E-state index in [4.69, 9.17) is 0 Å². The van der Waals surface area contributed by atoms with Crippen molar-refractivity contribution in [2.45, 2.75) is 44.6 Å². The maximum atomic E-state index is 12.5. The van der Waals surface area contributed by atoms with E-state index in [2.05, 4.69) is 98.2 Å². The summed E-state index contributed by atoms with van der Waals surface area (Å²) in [5.41, 5.74) is 4.71. The molecule has 0 spiro atoms. The number of rotatable bonds is 5. The number of hydrogen-bond acceptors (Lipinski definition) is 2. The number of fused-ring (bicyclic) bond motifs is 3. The van der Waals surface area contributed by atoms with E-state index in [0.29, 0.717) is 5.75 Å². The second-order valence-electron chi connectivity index (χ2n) is 8.60. The molecule has 1 aromatic heterocycles. The lowest BCUT2D eigenvalue weighted by Gasteiger charge is -2.19. The molecule has 3 nitrogen and oxygen atoms in total. The van der Waals surface area contributed by atoms with Crippen molar-refractivity contribution >= 4 is 45.2 Å². The summed E-state index contributed by atoms with van der Waals surface area (Å²) in [6.07, 6.45) is 0.